The van der Waals surface area contributed by atoms with Crippen molar-refractivity contribution in [2.45, 2.75) is 0 Å². The molecule has 0 amide bonds. The highest BCUT2D eigenvalue weighted by Gasteiger charge is 2.27. The van der Waals surface area contributed by atoms with Crippen LogP contribution in [0.2, 0.25) is 5.02 Å². The van der Waals surface area contributed by atoms with E-state index in [1.54, 1.807) is 30.1 Å². The van der Waals surface area contributed by atoms with E-state index in [0.717, 1.165) is 42.9 Å². The van der Waals surface area contributed by atoms with Crippen LogP contribution >= 0.6 is 11.6 Å². The summed E-state index contributed by atoms with van der Waals surface area (Å²) < 4.78 is 7.50. The number of aromatic nitrogens is 4. The number of nitrogens with two attached hydrogens (primary N) is 2. The Hall–Kier alpha value is -3.56. The zero-order valence-electron chi connectivity index (χ0n) is 18.5. The average molecular weight is 465 g/mol. The number of hydrogen-bond acceptors (Lipinski definition) is 8. The van der Waals surface area contributed by atoms with Crippen LogP contribution in [0.5, 0.6) is 5.75 Å². The smallest absolute Gasteiger partial charge is 0.165 e. The Morgan fingerprint density at radius 2 is 1.85 bits per heavy atom. The van der Waals surface area contributed by atoms with Gasteiger partial charge in [-0.25, -0.2) is 14.5 Å². The maximum Gasteiger partial charge on any atom is 0.165 e. The van der Waals surface area contributed by atoms with Gasteiger partial charge in [0.05, 0.1) is 58.4 Å². The minimum atomic E-state index is 0.425. The fourth-order valence-corrected chi connectivity index (χ4v) is 4.48. The first-order chi connectivity index (χ1) is 16.0. The number of anilines is 3. The molecule has 9 nitrogen and oxygen atoms in total. The molecule has 10 heteroatoms. The van der Waals surface area contributed by atoms with Crippen LogP contribution in [0.25, 0.3) is 28.2 Å². The lowest BCUT2D eigenvalue weighted by atomic mass is 10.0. The molecule has 1 fully saturated rings. The molecule has 1 aliphatic rings. The molecule has 5 rings (SSSR count). The van der Waals surface area contributed by atoms with Gasteiger partial charge in [0.25, 0.3) is 0 Å². The first kappa shape index (κ1) is 21.3. The summed E-state index contributed by atoms with van der Waals surface area (Å²) in [5.41, 5.74) is 17.5. The molecule has 4 heterocycles. The van der Waals surface area contributed by atoms with E-state index in [0.29, 0.717) is 39.2 Å². The van der Waals surface area contributed by atoms with E-state index < -0.39 is 0 Å². The second kappa shape index (κ2) is 8.42. The van der Waals surface area contributed by atoms with Crippen LogP contribution in [0.4, 0.5) is 17.1 Å². The van der Waals surface area contributed by atoms with Crippen molar-refractivity contribution < 1.29 is 4.74 Å². The van der Waals surface area contributed by atoms with Crippen molar-refractivity contribution in [3.63, 3.8) is 0 Å². The molecular formula is C23H25ClN8O. The van der Waals surface area contributed by atoms with Crippen molar-refractivity contribution in [3.8, 4) is 28.4 Å². The highest BCUT2D eigenvalue weighted by molar-refractivity contribution is 6.33. The second-order valence-corrected chi connectivity index (χ2v) is 8.49. The number of nitrogen functional groups attached to an aromatic ring is 2. The Kier molecular flexibility index (Phi) is 5.43. The molecule has 3 aromatic heterocycles. The molecule has 0 radical (unpaired) electrons. The number of ether oxygens (including phenoxy) is 1. The summed E-state index contributed by atoms with van der Waals surface area (Å²) in [5.74, 6) is 0.931. The minimum Gasteiger partial charge on any atom is -0.494 e. The lowest BCUT2D eigenvalue weighted by molar-refractivity contribution is 0.313. The van der Waals surface area contributed by atoms with E-state index in [1.807, 2.05) is 24.4 Å². The number of fused-ring (bicyclic) bond motifs is 1. The molecule has 0 saturated carbocycles. The maximum absolute atomic E-state index is 6.56. The summed E-state index contributed by atoms with van der Waals surface area (Å²) in [5, 5.41) is 4.84. The second-order valence-electron chi connectivity index (χ2n) is 8.08. The molecule has 1 aliphatic heterocycles. The van der Waals surface area contributed by atoms with Crippen molar-refractivity contribution in [3.05, 3.63) is 47.9 Å². The van der Waals surface area contributed by atoms with Crippen LogP contribution in [0.15, 0.2) is 42.9 Å². The monoisotopic (exact) mass is 464 g/mol. The number of halogens is 1. The van der Waals surface area contributed by atoms with Gasteiger partial charge < -0.3 is 26.0 Å². The number of piperazine rings is 1. The fraction of sp³-hybridized carbons (Fsp3) is 0.261. The fourth-order valence-electron chi connectivity index (χ4n) is 4.29. The quantitative estimate of drug-likeness (QED) is 0.443. The topological polar surface area (TPSA) is 111 Å². The lowest BCUT2D eigenvalue weighted by Crippen LogP contribution is -2.45. The van der Waals surface area contributed by atoms with Crippen LogP contribution in [0.3, 0.4) is 0 Å². The molecule has 4 N–H and O–H groups in total. The van der Waals surface area contributed by atoms with E-state index in [2.05, 4.69) is 26.9 Å². The van der Waals surface area contributed by atoms with E-state index in [1.165, 1.54) is 0 Å². The third-order valence-corrected chi connectivity index (χ3v) is 6.26. The van der Waals surface area contributed by atoms with E-state index >= 15 is 0 Å². The Morgan fingerprint density at radius 1 is 1.06 bits per heavy atom. The molecule has 1 saturated heterocycles. The summed E-state index contributed by atoms with van der Waals surface area (Å²) in [4.78, 5) is 14.0. The number of benzene rings is 1. The van der Waals surface area contributed by atoms with Crippen molar-refractivity contribution in [1.29, 1.82) is 0 Å². The normalized spacial score (nSPS) is 14.7. The van der Waals surface area contributed by atoms with Crippen LogP contribution in [0, 0.1) is 0 Å². The zero-order valence-corrected chi connectivity index (χ0v) is 19.3. The molecule has 4 aromatic rings. The number of hydrogen-bond donors (Lipinski definition) is 2. The Balaban J connectivity index is 1.72. The molecule has 0 atom stereocenters. The van der Waals surface area contributed by atoms with Crippen LogP contribution < -0.4 is 21.1 Å². The highest BCUT2D eigenvalue weighted by Crippen LogP contribution is 2.46. The molecular weight excluding hydrogens is 440 g/mol. The third-order valence-electron chi connectivity index (χ3n) is 5.98. The maximum atomic E-state index is 6.56. The van der Waals surface area contributed by atoms with Gasteiger partial charge in [-0.1, -0.05) is 17.7 Å². The molecule has 33 heavy (non-hydrogen) atoms. The van der Waals surface area contributed by atoms with Crippen molar-refractivity contribution in [1.82, 2.24) is 24.5 Å². The van der Waals surface area contributed by atoms with Crippen molar-refractivity contribution >= 4 is 34.2 Å². The Labute approximate surface area is 196 Å². The molecule has 0 unspecified atom stereocenters. The summed E-state index contributed by atoms with van der Waals surface area (Å²) in [6, 6.07) is 7.57. The Morgan fingerprint density at radius 3 is 2.61 bits per heavy atom. The van der Waals surface area contributed by atoms with Crippen molar-refractivity contribution in [2.24, 2.45) is 0 Å². The number of rotatable bonds is 4. The zero-order chi connectivity index (χ0) is 23.1. The summed E-state index contributed by atoms with van der Waals surface area (Å²) in [6.07, 6.45) is 5.22. The van der Waals surface area contributed by atoms with Crippen LogP contribution in [-0.4, -0.2) is 64.8 Å². The first-order valence-corrected chi connectivity index (χ1v) is 11.0. The summed E-state index contributed by atoms with van der Waals surface area (Å²) >= 11 is 6.56. The molecule has 1 aromatic carbocycles. The standard InChI is InChI=1S/C23H25ClN8O/c1-30-7-9-31(10-8-30)21-16(25)11-17(26)22(33-2)19(21)23-27-13-15(24)20(29-23)14-12-28-32-6-4-3-5-18(14)32/h3-6,11-13H,7-10,25-26H2,1-2H3. The van der Waals surface area contributed by atoms with Gasteiger partial charge in [0.2, 0.25) is 0 Å². The van der Waals surface area contributed by atoms with Gasteiger partial charge in [0.15, 0.2) is 11.6 Å². The predicted octanol–water partition coefficient (Wildman–Crippen LogP) is 3.04. The van der Waals surface area contributed by atoms with Gasteiger partial charge in [0.1, 0.15) is 0 Å². The number of likely N-dealkylation sites (N-methyl/N-ethyl adjacent to an activating group) is 1. The number of methoxy groups -OCH3 is 1. The third kappa shape index (κ3) is 3.69. The van der Waals surface area contributed by atoms with Gasteiger partial charge in [0, 0.05) is 37.9 Å². The van der Waals surface area contributed by atoms with E-state index in [4.69, 9.17) is 32.8 Å². The van der Waals surface area contributed by atoms with E-state index in [9.17, 15) is 0 Å². The minimum absolute atomic E-state index is 0.425. The summed E-state index contributed by atoms with van der Waals surface area (Å²) in [7, 11) is 3.69. The van der Waals surface area contributed by atoms with Gasteiger partial charge in [-0.3, -0.25) is 0 Å². The number of pyridine rings is 1. The van der Waals surface area contributed by atoms with Gasteiger partial charge >= 0.3 is 0 Å². The molecule has 170 valence electrons. The van der Waals surface area contributed by atoms with Crippen LogP contribution in [-0.2, 0) is 0 Å². The Bertz CT molecular complexity index is 1330. The largest absolute Gasteiger partial charge is 0.494 e. The lowest BCUT2D eigenvalue weighted by Gasteiger charge is -2.36. The van der Waals surface area contributed by atoms with Gasteiger partial charge in [-0.15, -0.1) is 0 Å². The summed E-state index contributed by atoms with van der Waals surface area (Å²) in [6.45, 7) is 3.46. The highest BCUT2D eigenvalue weighted by atomic mass is 35.5. The molecule has 0 bridgehead atoms. The first-order valence-electron chi connectivity index (χ1n) is 10.6. The van der Waals surface area contributed by atoms with E-state index in [-0.39, 0.29) is 0 Å². The van der Waals surface area contributed by atoms with Crippen molar-refractivity contribution in [2.75, 3.05) is 56.7 Å². The van der Waals surface area contributed by atoms with Crippen LogP contribution in [0.1, 0.15) is 0 Å². The number of nitrogens with zero attached hydrogens (tertiary/aromatic N) is 6. The van der Waals surface area contributed by atoms with Gasteiger partial charge in [-0.05, 0) is 25.2 Å². The van der Waals surface area contributed by atoms with Gasteiger partial charge in [-0.2, -0.15) is 5.10 Å². The predicted molar refractivity (Wildman–Crippen MR) is 132 cm³/mol. The molecule has 0 spiro atoms. The molecule has 0 aliphatic carbocycles. The SMILES string of the molecule is COc1c(N)cc(N)c(N2CCN(C)CC2)c1-c1ncc(Cl)c(-c2cnn3ccccc23)n1. The average Bonchev–Trinajstić information content (AvgIpc) is 3.24.